The van der Waals surface area contributed by atoms with Crippen LogP contribution in [-0.2, 0) is 19.1 Å². The van der Waals surface area contributed by atoms with Crippen LogP contribution in [0, 0.1) is 22.7 Å². The maximum atomic E-state index is 12.1. The Morgan fingerprint density at radius 2 is 1.94 bits per heavy atom. The maximum Gasteiger partial charge on any atom is 0.264 e. The van der Waals surface area contributed by atoms with Crippen LogP contribution in [0.15, 0.2) is 0 Å². The average molecular weight is 272 g/mol. The molecule has 3 rings (SSSR count). The Bertz CT molecular complexity index is 511. The Balaban J connectivity index is 2.02. The zero-order valence-electron chi connectivity index (χ0n) is 11.1. The minimum absolute atomic E-state index is 0.00162. The molecule has 0 amide bonds. The van der Waals surface area contributed by atoms with Gasteiger partial charge in [-0.25, -0.2) is 0 Å². The van der Waals surface area contributed by atoms with Gasteiger partial charge in [-0.15, -0.1) is 0 Å². The first-order valence-electron chi connectivity index (χ1n) is 6.59. The molecule has 3 saturated carbocycles. The SMILES string of the molecule is C[C@]12[C@@H]3C[C@H](C[C@H]1OS(C)(=O)=O)[C@]2(C)CCC3=O. The van der Waals surface area contributed by atoms with Crippen LogP contribution < -0.4 is 0 Å². The molecule has 4 bridgehead atoms. The number of hydrogen-bond donors (Lipinski definition) is 0. The molecule has 3 fully saturated rings. The van der Waals surface area contributed by atoms with Gasteiger partial charge < -0.3 is 0 Å². The highest BCUT2D eigenvalue weighted by atomic mass is 32.2. The number of ketones is 1. The molecular weight excluding hydrogens is 252 g/mol. The molecule has 4 nitrogen and oxygen atoms in total. The minimum atomic E-state index is -3.45. The summed E-state index contributed by atoms with van der Waals surface area (Å²) < 4.78 is 28.1. The Morgan fingerprint density at radius 1 is 1.28 bits per heavy atom. The average Bonchev–Trinajstić information content (AvgIpc) is 2.50. The maximum absolute atomic E-state index is 12.1. The standard InChI is InChI=1S/C13H20O4S/c1-12-5-4-10(14)9-6-8(12)7-11(13(9,12)2)17-18(3,15)16/h8-9,11H,4-7H2,1-3H3/t8-,9-,11-,12+,13+/m1/s1. The molecule has 0 heterocycles. The molecule has 0 aromatic rings. The highest BCUT2D eigenvalue weighted by molar-refractivity contribution is 7.86. The van der Waals surface area contributed by atoms with Crippen LogP contribution >= 0.6 is 0 Å². The van der Waals surface area contributed by atoms with E-state index in [-0.39, 0.29) is 22.9 Å². The Labute approximate surface area is 108 Å². The zero-order chi connectivity index (χ0) is 13.3. The van der Waals surface area contributed by atoms with E-state index < -0.39 is 10.1 Å². The Hall–Kier alpha value is -0.420. The lowest BCUT2D eigenvalue weighted by Crippen LogP contribution is -2.50. The van der Waals surface area contributed by atoms with Crippen LogP contribution in [0.4, 0.5) is 0 Å². The van der Waals surface area contributed by atoms with Gasteiger partial charge in [0.25, 0.3) is 10.1 Å². The van der Waals surface area contributed by atoms with Crippen molar-refractivity contribution in [2.45, 2.75) is 45.6 Å². The summed E-state index contributed by atoms with van der Waals surface area (Å²) in [4.78, 5) is 12.1. The first-order chi connectivity index (χ1) is 8.18. The summed E-state index contributed by atoms with van der Waals surface area (Å²) in [7, 11) is -3.45. The van der Waals surface area contributed by atoms with Crippen molar-refractivity contribution in [2.24, 2.45) is 22.7 Å². The van der Waals surface area contributed by atoms with Crippen LogP contribution in [-0.4, -0.2) is 26.6 Å². The lowest BCUT2D eigenvalue weighted by atomic mass is 9.58. The van der Waals surface area contributed by atoms with Gasteiger partial charge in [-0.05, 0) is 30.6 Å². The third-order valence-corrected chi connectivity index (χ3v) is 6.70. The molecule has 0 aromatic heterocycles. The van der Waals surface area contributed by atoms with E-state index in [1.807, 2.05) is 0 Å². The van der Waals surface area contributed by atoms with E-state index in [1.165, 1.54) is 0 Å². The van der Waals surface area contributed by atoms with Crippen molar-refractivity contribution in [1.82, 2.24) is 0 Å². The van der Waals surface area contributed by atoms with Gasteiger partial charge in [-0.1, -0.05) is 13.8 Å². The molecule has 18 heavy (non-hydrogen) atoms. The fourth-order valence-electron chi connectivity index (χ4n) is 4.93. The van der Waals surface area contributed by atoms with Crippen molar-refractivity contribution in [1.29, 1.82) is 0 Å². The molecule has 0 unspecified atom stereocenters. The van der Waals surface area contributed by atoms with Gasteiger partial charge in [0.1, 0.15) is 5.78 Å². The van der Waals surface area contributed by atoms with Crippen LogP contribution in [0.5, 0.6) is 0 Å². The molecule has 5 heteroatoms. The lowest BCUT2D eigenvalue weighted by Gasteiger charge is -2.47. The normalized spacial score (nSPS) is 50.8. The highest BCUT2D eigenvalue weighted by Crippen LogP contribution is 2.73. The van der Waals surface area contributed by atoms with Crippen molar-refractivity contribution in [2.75, 3.05) is 6.26 Å². The fourth-order valence-corrected chi connectivity index (χ4v) is 5.63. The largest absolute Gasteiger partial charge is 0.299 e. The summed E-state index contributed by atoms with van der Waals surface area (Å²) in [5.41, 5.74) is -0.225. The summed E-state index contributed by atoms with van der Waals surface area (Å²) in [5, 5.41) is 0. The van der Waals surface area contributed by atoms with Crippen LogP contribution in [0.25, 0.3) is 0 Å². The summed E-state index contributed by atoms with van der Waals surface area (Å²) in [6.07, 6.45) is 4.03. The molecule has 0 aromatic carbocycles. The predicted octanol–water partition coefficient (Wildman–Crippen LogP) is 1.75. The van der Waals surface area contributed by atoms with E-state index >= 15 is 0 Å². The Kier molecular flexibility index (Phi) is 2.36. The molecule has 0 N–H and O–H groups in total. The van der Waals surface area contributed by atoms with Gasteiger partial charge in [-0.2, -0.15) is 8.42 Å². The molecule has 0 spiro atoms. The van der Waals surface area contributed by atoms with E-state index in [0.717, 1.165) is 25.5 Å². The van der Waals surface area contributed by atoms with Crippen LogP contribution in [0.3, 0.4) is 0 Å². The monoisotopic (exact) mass is 272 g/mol. The number of carbonyl (C=O) groups is 1. The second kappa shape index (κ2) is 3.37. The third-order valence-electron chi connectivity index (χ3n) is 6.11. The molecule has 102 valence electrons. The number of rotatable bonds is 2. The van der Waals surface area contributed by atoms with Gasteiger partial charge in [-0.3, -0.25) is 8.98 Å². The first-order valence-corrected chi connectivity index (χ1v) is 8.41. The highest BCUT2D eigenvalue weighted by Gasteiger charge is 2.72. The van der Waals surface area contributed by atoms with Gasteiger partial charge in [0, 0.05) is 17.8 Å². The van der Waals surface area contributed by atoms with Crippen molar-refractivity contribution < 1.29 is 17.4 Å². The predicted molar refractivity (Wildman–Crippen MR) is 66.4 cm³/mol. The van der Waals surface area contributed by atoms with Crippen LogP contribution in [0.1, 0.15) is 39.5 Å². The molecule has 0 saturated heterocycles. The molecule has 0 radical (unpaired) electrons. The first kappa shape index (κ1) is 12.6. The van der Waals surface area contributed by atoms with E-state index in [9.17, 15) is 13.2 Å². The van der Waals surface area contributed by atoms with E-state index in [1.54, 1.807) is 0 Å². The second-order valence-corrected chi connectivity index (χ2v) is 8.28. The molecule has 5 atom stereocenters. The van der Waals surface area contributed by atoms with Gasteiger partial charge >= 0.3 is 0 Å². The number of hydrogen-bond acceptors (Lipinski definition) is 4. The second-order valence-electron chi connectivity index (χ2n) is 6.68. The molecular formula is C13H20O4S. The van der Waals surface area contributed by atoms with E-state index in [4.69, 9.17) is 4.18 Å². The molecule has 3 aliphatic carbocycles. The number of Topliss-reactive ketones (excluding diaryl/α,β-unsaturated/α-hetero) is 1. The van der Waals surface area contributed by atoms with Crippen molar-refractivity contribution in [3.8, 4) is 0 Å². The number of carbonyl (C=O) groups excluding carboxylic acids is 1. The summed E-state index contributed by atoms with van der Waals surface area (Å²) in [5.74, 6) is 0.742. The van der Waals surface area contributed by atoms with E-state index in [2.05, 4.69) is 13.8 Å². The molecule has 0 aliphatic heterocycles. The van der Waals surface area contributed by atoms with Crippen molar-refractivity contribution in [3.63, 3.8) is 0 Å². The molecule has 3 aliphatic rings. The zero-order valence-corrected chi connectivity index (χ0v) is 11.9. The minimum Gasteiger partial charge on any atom is -0.299 e. The van der Waals surface area contributed by atoms with Gasteiger partial charge in [0.15, 0.2) is 0 Å². The summed E-state index contributed by atoms with van der Waals surface area (Å²) >= 11 is 0. The van der Waals surface area contributed by atoms with Crippen LogP contribution in [0.2, 0.25) is 0 Å². The Morgan fingerprint density at radius 3 is 2.56 bits per heavy atom. The summed E-state index contributed by atoms with van der Waals surface area (Å²) in [6, 6.07) is 0. The van der Waals surface area contributed by atoms with Crippen molar-refractivity contribution in [3.05, 3.63) is 0 Å². The smallest absolute Gasteiger partial charge is 0.264 e. The lowest BCUT2D eigenvalue weighted by molar-refractivity contribution is -0.137. The summed E-state index contributed by atoms with van der Waals surface area (Å²) in [6.45, 7) is 4.29. The van der Waals surface area contributed by atoms with Gasteiger partial charge in [0.2, 0.25) is 0 Å². The topological polar surface area (TPSA) is 60.4 Å². The van der Waals surface area contributed by atoms with E-state index in [0.29, 0.717) is 18.1 Å². The van der Waals surface area contributed by atoms with Crippen molar-refractivity contribution >= 4 is 15.9 Å². The quantitative estimate of drug-likeness (QED) is 0.718. The fraction of sp³-hybridized carbons (Fsp3) is 0.923. The van der Waals surface area contributed by atoms with Gasteiger partial charge in [0.05, 0.1) is 12.4 Å². The third kappa shape index (κ3) is 1.35.